The van der Waals surface area contributed by atoms with Crippen LogP contribution in [0.3, 0.4) is 0 Å². The molecular weight excluding hydrogens is 420 g/mol. The van der Waals surface area contributed by atoms with E-state index in [1.807, 2.05) is 0 Å². The fourth-order valence-corrected chi connectivity index (χ4v) is 5.85. The largest absolute Gasteiger partial charge is 0.452 e. The Bertz CT molecular complexity index is 932. The predicted octanol–water partition coefficient (Wildman–Crippen LogP) is 0.893. The summed E-state index contributed by atoms with van der Waals surface area (Å²) in [4.78, 5) is 25.4. The predicted molar refractivity (Wildman–Crippen MR) is 110 cm³/mol. The second-order valence-electron chi connectivity index (χ2n) is 10.2. The number of rotatable bonds is 2. The quantitative estimate of drug-likeness (QED) is 0.317. The molecule has 0 aromatic carbocycles. The third-order valence-electron chi connectivity index (χ3n) is 7.55. The maximum Gasteiger partial charge on any atom is 0.342 e. The minimum atomic E-state index is -1.97. The average Bonchev–Trinajstić information content (AvgIpc) is 3.00. The van der Waals surface area contributed by atoms with E-state index in [9.17, 15) is 24.9 Å². The van der Waals surface area contributed by atoms with Gasteiger partial charge in [-0.15, -0.1) is 0 Å². The van der Waals surface area contributed by atoms with Crippen molar-refractivity contribution in [3.63, 3.8) is 0 Å². The van der Waals surface area contributed by atoms with Crippen LogP contribution in [0, 0.1) is 5.92 Å². The molecule has 0 aromatic rings. The molecule has 8 atom stereocenters. The van der Waals surface area contributed by atoms with Gasteiger partial charge in [-0.2, -0.15) is 0 Å². The maximum atomic E-state index is 13.0. The van der Waals surface area contributed by atoms with Gasteiger partial charge in [0.2, 0.25) is 5.60 Å². The first-order valence-corrected chi connectivity index (χ1v) is 10.9. The zero-order chi connectivity index (χ0) is 24.0. The topological polar surface area (TPSA) is 132 Å². The van der Waals surface area contributed by atoms with E-state index < -0.39 is 64.9 Å². The van der Waals surface area contributed by atoms with Crippen molar-refractivity contribution >= 4 is 11.9 Å². The Balaban J connectivity index is 1.87. The Kier molecular flexibility index (Phi) is 5.02. The van der Waals surface area contributed by atoms with Gasteiger partial charge in [0, 0.05) is 17.9 Å². The summed E-state index contributed by atoms with van der Waals surface area (Å²) in [6.45, 7) is 11.2. The monoisotopic (exact) mass is 452 g/mol. The first kappa shape index (κ1) is 23.4. The Hall–Kier alpha value is -1.78. The van der Waals surface area contributed by atoms with Gasteiger partial charge in [0.05, 0.1) is 11.7 Å². The first-order chi connectivity index (χ1) is 14.6. The van der Waals surface area contributed by atoms with Crippen LogP contribution in [0.5, 0.6) is 0 Å². The van der Waals surface area contributed by atoms with Gasteiger partial charge in [-0.1, -0.05) is 6.08 Å². The van der Waals surface area contributed by atoms with Crippen LogP contribution in [0.4, 0.5) is 0 Å². The summed E-state index contributed by atoms with van der Waals surface area (Å²) in [5.74, 6) is -3.55. The molecule has 0 amide bonds. The maximum absolute atomic E-state index is 13.0. The van der Waals surface area contributed by atoms with Gasteiger partial charge in [0.15, 0.2) is 17.5 Å². The van der Waals surface area contributed by atoms with Crippen LogP contribution in [0.2, 0.25) is 0 Å². The lowest BCUT2D eigenvalue weighted by Gasteiger charge is -2.52. The summed E-state index contributed by atoms with van der Waals surface area (Å²) >= 11 is 0. The van der Waals surface area contributed by atoms with Gasteiger partial charge >= 0.3 is 11.9 Å². The Labute approximate surface area is 187 Å². The van der Waals surface area contributed by atoms with Crippen molar-refractivity contribution in [3.05, 3.63) is 22.8 Å². The molecule has 0 bridgehead atoms. The molecule has 3 N–H and O–H groups in total. The molecule has 4 rings (SSSR count). The van der Waals surface area contributed by atoms with Gasteiger partial charge in [-0.3, -0.25) is 0 Å². The molecule has 3 fully saturated rings. The molecule has 4 aliphatic rings. The number of fused-ring (bicyclic) bond motifs is 2. The number of aliphatic hydroxyl groups excluding tert-OH is 1. The van der Waals surface area contributed by atoms with Crippen molar-refractivity contribution in [2.75, 3.05) is 0 Å². The number of hydrogen-bond donors (Lipinski definition) is 3. The molecule has 2 aliphatic heterocycles. The van der Waals surface area contributed by atoms with E-state index >= 15 is 0 Å². The number of allylic oxidation sites excluding steroid dienone is 1. The van der Waals surface area contributed by atoms with Crippen LogP contribution in [-0.2, 0) is 28.5 Å². The average molecular weight is 453 g/mol. The van der Waals surface area contributed by atoms with Crippen LogP contribution >= 0.6 is 0 Å². The van der Waals surface area contributed by atoms with E-state index in [1.165, 1.54) is 13.8 Å². The summed E-state index contributed by atoms with van der Waals surface area (Å²) in [6, 6.07) is 0. The van der Waals surface area contributed by atoms with Crippen LogP contribution in [0.15, 0.2) is 22.8 Å². The van der Waals surface area contributed by atoms with Gasteiger partial charge < -0.3 is 34.3 Å². The fraction of sp³-hybridized carbons (Fsp3) is 0.739. The van der Waals surface area contributed by atoms with Crippen molar-refractivity contribution < 1.29 is 43.9 Å². The van der Waals surface area contributed by atoms with Crippen molar-refractivity contribution in [1.29, 1.82) is 0 Å². The standard InChI is InChI=1S/C23H32O9/c1-8-10(2)18(25)29-16-11(3)13-14(15(16)24)21(6,27)9-12-23(28)17(13)30-19(26)22(23,7)32-20(4,5)31-12/h8,12,14-17,24,27-28H,9H2,1-7H3/b10-8-/t12-,14+,15-,16-,17-,21-,22+,23+/m0/s1. The molecule has 0 radical (unpaired) electrons. The molecule has 178 valence electrons. The number of ether oxygens (including phenoxy) is 4. The Morgan fingerprint density at radius 2 is 1.84 bits per heavy atom. The summed E-state index contributed by atoms with van der Waals surface area (Å²) in [5, 5.41) is 34.7. The Morgan fingerprint density at radius 1 is 1.22 bits per heavy atom. The molecular formula is C23H32O9. The highest BCUT2D eigenvalue weighted by atomic mass is 16.8. The molecule has 2 saturated heterocycles. The molecule has 2 heterocycles. The zero-order valence-electron chi connectivity index (χ0n) is 19.5. The molecule has 0 unspecified atom stereocenters. The second kappa shape index (κ2) is 6.87. The number of hydrogen-bond acceptors (Lipinski definition) is 9. The van der Waals surface area contributed by atoms with Crippen LogP contribution in [-0.4, -0.2) is 74.3 Å². The zero-order valence-corrected chi connectivity index (χ0v) is 19.5. The number of aliphatic hydroxyl groups is 3. The molecule has 2 aliphatic carbocycles. The summed E-state index contributed by atoms with van der Waals surface area (Å²) in [7, 11) is 0. The first-order valence-electron chi connectivity index (χ1n) is 10.9. The fourth-order valence-electron chi connectivity index (χ4n) is 5.85. The van der Waals surface area contributed by atoms with Crippen molar-refractivity contribution in [1.82, 2.24) is 0 Å². The summed E-state index contributed by atoms with van der Waals surface area (Å²) in [5.41, 5.74) is -4.19. The van der Waals surface area contributed by atoms with Gasteiger partial charge in [0.1, 0.15) is 12.2 Å². The van der Waals surface area contributed by atoms with Crippen molar-refractivity contribution in [2.45, 2.75) is 102 Å². The smallest absolute Gasteiger partial charge is 0.342 e. The van der Waals surface area contributed by atoms with Crippen molar-refractivity contribution in [2.24, 2.45) is 5.92 Å². The van der Waals surface area contributed by atoms with E-state index in [-0.39, 0.29) is 6.42 Å². The molecule has 9 heteroatoms. The third kappa shape index (κ3) is 2.88. The van der Waals surface area contributed by atoms with E-state index in [1.54, 1.807) is 40.7 Å². The van der Waals surface area contributed by atoms with Gasteiger partial charge in [-0.05, 0) is 59.6 Å². The van der Waals surface area contributed by atoms with Crippen LogP contribution in [0.1, 0.15) is 54.9 Å². The van der Waals surface area contributed by atoms with E-state index in [2.05, 4.69) is 0 Å². The minimum absolute atomic E-state index is 0.105. The molecule has 32 heavy (non-hydrogen) atoms. The van der Waals surface area contributed by atoms with Gasteiger partial charge in [0.25, 0.3) is 0 Å². The van der Waals surface area contributed by atoms with Crippen LogP contribution < -0.4 is 0 Å². The normalized spacial score (nSPS) is 47.5. The molecule has 1 saturated carbocycles. The van der Waals surface area contributed by atoms with Crippen LogP contribution in [0.25, 0.3) is 0 Å². The second-order valence-corrected chi connectivity index (χ2v) is 10.2. The Morgan fingerprint density at radius 3 is 2.44 bits per heavy atom. The minimum Gasteiger partial charge on any atom is -0.452 e. The highest BCUT2D eigenvalue weighted by Crippen LogP contribution is 2.59. The van der Waals surface area contributed by atoms with Gasteiger partial charge in [-0.25, -0.2) is 9.59 Å². The number of carbonyl (C=O) groups is 2. The summed E-state index contributed by atoms with van der Waals surface area (Å²) < 4.78 is 23.1. The highest BCUT2D eigenvalue weighted by molar-refractivity contribution is 5.88. The molecule has 0 aromatic heterocycles. The van der Waals surface area contributed by atoms with E-state index in [0.29, 0.717) is 16.7 Å². The number of esters is 2. The lowest BCUT2D eigenvalue weighted by Crippen LogP contribution is -2.72. The third-order valence-corrected chi connectivity index (χ3v) is 7.55. The van der Waals surface area contributed by atoms with E-state index in [0.717, 1.165) is 0 Å². The van der Waals surface area contributed by atoms with Crippen molar-refractivity contribution in [3.8, 4) is 0 Å². The molecule has 9 nitrogen and oxygen atoms in total. The lowest BCUT2D eigenvalue weighted by atomic mass is 9.74. The summed E-state index contributed by atoms with van der Waals surface area (Å²) in [6.07, 6.45) is -3.16. The number of carbonyl (C=O) groups excluding carboxylic acids is 2. The molecule has 0 spiro atoms. The van der Waals surface area contributed by atoms with E-state index in [4.69, 9.17) is 18.9 Å². The lowest BCUT2D eigenvalue weighted by molar-refractivity contribution is -0.382. The SMILES string of the molecule is C/C=C(/C)C(=O)O[C@H]1C(C)=C2[C@H]([C@@H]1O)[C@@](C)(O)C[C@@H]1OC(C)(C)O[C@]3(C)C(=O)O[C@@H]2[C@]13O. The highest BCUT2D eigenvalue weighted by Gasteiger charge is 2.78.